The zero-order chi connectivity index (χ0) is 24.0. The normalized spacial score (nSPS) is 14.5. The first-order valence-electron chi connectivity index (χ1n) is 12.2. The molecule has 5 nitrogen and oxygen atoms in total. The van der Waals surface area contributed by atoms with Crippen LogP contribution in [-0.2, 0) is 6.54 Å². The first-order valence-corrected chi connectivity index (χ1v) is 12.2. The molecule has 1 N–H and O–H groups in total. The number of para-hydroxylation sites is 1. The van der Waals surface area contributed by atoms with Crippen molar-refractivity contribution >= 4 is 16.8 Å². The predicted molar refractivity (Wildman–Crippen MR) is 139 cm³/mol. The standard InChI is InChI=1S/C30H28N4O/c31-18-17-26(22-11-3-1-4-12-22)33-30(35)28-24-15-7-8-16-27(24)32-29(23-13-5-2-6-14-23)25(28)21-34-19-9-10-20-34/h1-8,11-16,26H,9-10,17,19-21H2,(H,33,35). The molecule has 1 aliphatic heterocycles. The maximum atomic E-state index is 14.0. The van der Waals surface area contributed by atoms with E-state index in [2.05, 4.69) is 28.4 Å². The summed E-state index contributed by atoms with van der Waals surface area (Å²) in [5.41, 5.74) is 5.15. The average Bonchev–Trinajstić information content (AvgIpc) is 3.42. The molecule has 1 atom stereocenters. The highest BCUT2D eigenvalue weighted by atomic mass is 16.1. The largest absolute Gasteiger partial charge is 0.344 e. The number of benzene rings is 3. The van der Waals surface area contributed by atoms with Crippen LogP contribution in [0.25, 0.3) is 22.2 Å². The number of carbonyl (C=O) groups is 1. The Morgan fingerprint density at radius 1 is 0.943 bits per heavy atom. The van der Waals surface area contributed by atoms with Crippen molar-refractivity contribution in [3.8, 4) is 17.3 Å². The molecule has 5 rings (SSSR count). The molecule has 0 bridgehead atoms. The highest BCUT2D eigenvalue weighted by Crippen LogP contribution is 2.32. The van der Waals surface area contributed by atoms with Crippen LogP contribution in [0.1, 0.15) is 46.8 Å². The van der Waals surface area contributed by atoms with E-state index >= 15 is 0 Å². The van der Waals surface area contributed by atoms with E-state index in [0.717, 1.165) is 46.4 Å². The number of hydrogen-bond donors (Lipinski definition) is 1. The molecule has 5 heteroatoms. The Bertz CT molecular complexity index is 1360. The van der Waals surface area contributed by atoms with E-state index in [4.69, 9.17) is 4.98 Å². The van der Waals surface area contributed by atoms with E-state index in [1.807, 2.05) is 72.8 Å². The van der Waals surface area contributed by atoms with Gasteiger partial charge in [-0.25, -0.2) is 4.98 Å². The number of nitriles is 1. The number of likely N-dealkylation sites (tertiary alicyclic amines) is 1. The van der Waals surface area contributed by atoms with Gasteiger partial charge in [-0.2, -0.15) is 5.26 Å². The van der Waals surface area contributed by atoms with Crippen LogP contribution in [0.4, 0.5) is 0 Å². The van der Waals surface area contributed by atoms with Crippen LogP contribution in [0.15, 0.2) is 84.9 Å². The van der Waals surface area contributed by atoms with Gasteiger partial charge in [-0.3, -0.25) is 9.69 Å². The Hall–Kier alpha value is -4.01. The van der Waals surface area contributed by atoms with Crippen LogP contribution in [0.3, 0.4) is 0 Å². The number of nitrogens with one attached hydrogen (secondary N) is 1. The molecule has 1 amide bonds. The quantitative estimate of drug-likeness (QED) is 0.374. The molecule has 2 heterocycles. The van der Waals surface area contributed by atoms with Crippen LogP contribution in [0, 0.1) is 11.3 Å². The minimum atomic E-state index is -0.388. The van der Waals surface area contributed by atoms with Crippen LogP contribution in [0.5, 0.6) is 0 Å². The molecular formula is C30H28N4O. The summed E-state index contributed by atoms with van der Waals surface area (Å²) in [5.74, 6) is -0.168. The predicted octanol–water partition coefficient (Wildman–Crippen LogP) is 5.88. The van der Waals surface area contributed by atoms with Crippen molar-refractivity contribution in [1.82, 2.24) is 15.2 Å². The number of carbonyl (C=O) groups excluding carboxylic acids is 1. The molecule has 0 spiro atoms. The topological polar surface area (TPSA) is 69.0 Å². The molecule has 0 aliphatic carbocycles. The van der Waals surface area contributed by atoms with Crippen LogP contribution in [0.2, 0.25) is 0 Å². The highest BCUT2D eigenvalue weighted by molar-refractivity contribution is 6.09. The van der Waals surface area contributed by atoms with Gasteiger partial charge in [0.2, 0.25) is 0 Å². The summed E-state index contributed by atoms with van der Waals surface area (Å²) in [4.78, 5) is 21.5. The summed E-state index contributed by atoms with van der Waals surface area (Å²) in [7, 11) is 0. The minimum absolute atomic E-state index is 0.168. The molecule has 1 saturated heterocycles. The fourth-order valence-corrected chi connectivity index (χ4v) is 4.92. The molecule has 0 radical (unpaired) electrons. The second-order valence-electron chi connectivity index (χ2n) is 8.98. The second kappa shape index (κ2) is 10.5. The summed E-state index contributed by atoms with van der Waals surface area (Å²) >= 11 is 0. The van der Waals surface area contributed by atoms with E-state index in [1.54, 1.807) is 0 Å². The average molecular weight is 461 g/mol. The van der Waals surface area contributed by atoms with Crippen molar-refractivity contribution in [2.24, 2.45) is 0 Å². The van der Waals surface area contributed by atoms with Gasteiger partial charge in [0, 0.05) is 23.1 Å². The zero-order valence-corrected chi connectivity index (χ0v) is 19.7. The van der Waals surface area contributed by atoms with Crippen molar-refractivity contribution in [3.05, 3.63) is 102 Å². The monoisotopic (exact) mass is 460 g/mol. The third-order valence-electron chi connectivity index (χ3n) is 6.65. The summed E-state index contributed by atoms with van der Waals surface area (Å²) in [6, 6.07) is 29.5. The summed E-state index contributed by atoms with van der Waals surface area (Å²) in [6.45, 7) is 2.70. The smallest absolute Gasteiger partial charge is 0.252 e. The summed E-state index contributed by atoms with van der Waals surface area (Å²) in [6.07, 6.45) is 2.54. The fraction of sp³-hybridized carbons (Fsp3) is 0.233. The molecule has 1 fully saturated rings. The molecule has 35 heavy (non-hydrogen) atoms. The van der Waals surface area contributed by atoms with Gasteiger partial charge in [0.05, 0.1) is 35.3 Å². The van der Waals surface area contributed by atoms with Crippen molar-refractivity contribution in [2.45, 2.75) is 31.8 Å². The molecular weight excluding hydrogens is 432 g/mol. The lowest BCUT2D eigenvalue weighted by Crippen LogP contribution is -2.31. The van der Waals surface area contributed by atoms with Crippen LogP contribution < -0.4 is 5.32 Å². The first kappa shape index (κ1) is 22.8. The van der Waals surface area contributed by atoms with Crippen LogP contribution in [-0.4, -0.2) is 28.9 Å². The van der Waals surface area contributed by atoms with Gasteiger partial charge < -0.3 is 5.32 Å². The van der Waals surface area contributed by atoms with Crippen molar-refractivity contribution in [1.29, 1.82) is 5.26 Å². The van der Waals surface area contributed by atoms with E-state index in [0.29, 0.717) is 12.1 Å². The SMILES string of the molecule is N#CCC(NC(=O)c1c(CN2CCCC2)c(-c2ccccc2)nc2ccccc12)c1ccccc1. The molecule has 4 aromatic rings. The number of amides is 1. The highest BCUT2D eigenvalue weighted by Gasteiger charge is 2.26. The Labute approximate surface area is 206 Å². The van der Waals surface area contributed by atoms with Gasteiger partial charge >= 0.3 is 0 Å². The molecule has 1 aromatic heterocycles. The lowest BCUT2D eigenvalue weighted by atomic mass is 9.94. The molecule has 1 aliphatic rings. The number of pyridine rings is 1. The molecule has 174 valence electrons. The van der Waals surface area contributed by atoms with Crippen molar-refractivity contribution in [2.75, 3.05) is 13.1 Å². The molecule has 3 aromatic carbocycles. The summed E-state index contributed by atoms with van der Waals surface area (Å²) < 4.78 is 0. The number of hydrogen-bond acceptors (Lipinski definition) is 4. The van der Waals surface area contributed by atoms with Gasteiger partial charge in [-0.1, -0.05) is 78.9 Å². The maximum Gasteiger partial charge on any atom is 0.252 e. The third kappa shape index (κ3) is 4.94. The minimum Gasteiger partial charge on any atom is -0.344 e. The van der Waals surface area contributed by atoms with Crippen LogP contribution >= 0.6 is 0 Å². The van der Waals surface area contributed by atoms with Gasteiger partial charge in [-0.05, 0) is 37.6 Å². The lowest BCUT2D eigenvalue weighted by Gasteiger charge is -2.23. The number of aromatic nitrogens is 1. The van der Waals surface area contributed by atoms with E-state index < -0.39 is 0 Å². The maximum absolute atomic E-state index is 14.0. The van der Waals surface area contributed by atoms with E-state index in [1.165, 1.54) is 12.8 Å². The summed E-state index contributed by atoms with van der Waals surface area (Å²) in [5, 5.41) is 13.5. The first-order chi connectivity index (χ1) is 17.2. The number of fused-ring (bicyclic) bond motifs is 1. The van der Waals surface area contributed by atoms with Gasteiger partial charge in [0.15, 0.2) is 0 Å². The lowest BCUT2D eigenvalue weighted by molar-refractivity contribution is 0.0937. The molecule has 0 saturated carbocycles. The number of rotatable bonds is 7. The Morgan fingerprint density at radius 3 is 2.31 bits per heavy atom. The molecule has 1 unspecified atom stereocenters. The number of nitrogens with zero attached hydrogens (tertiary/aromatic N) is 3. The van der Waals surface area contributed by atoms with Gasteiger partial charge in [0.1, 0.15) is 0 Å². The Morgan fingerprint density at radius 2 is 1.60 bits per heavy atom. The van der Waals surface area contributed by atoms with Crippen molar-refractivity contribution in [3.63, 3.8) is 0 Å². The fourth-order valence-electron chi connectivity index (χ4n) is 4.92. The third-order valence-corrected chi connectivity index (χ3v) is 6.65. The van der Waals surface area contributed by atoms with Gasteiger partial charge in [-0.15, -0.1) is 0 Å². The Balaban J connectivity index is 1.66. The van der Waals surface area contributed by atoms with Crippen molar-refractivity contribution < 1.29 is 4.79 Å². The van der Waals surface area contributed by atoms with E-state index in [9.17, 15) is 10.1 Å². The zero-order valence-electron chi connectivity index (χ0n) is 19.7. The van der Waals surface area contributed by atoms with Gasteiger partial charge in [0.25, 0.3) is 5.91 Å². The second-order valence-corrected chi connectivity index (χ2v) is 8.98. The van der Waals surface area contributed by atoms with E-state index in [-0.39, 0.29) is 18.4 Å². The Kier molecular flexibility index (Phi) is 6.83.